The van der Waals surface area contributed by atoms with Crippen LogP contribution >= 0.6 is 15.9 Å². The number of carbonyl (C=O) groups excluding carboxylic acids is 1. The molecule has 0 spiro atoms. The third kappa shape index (κ3) is 2.98. The molecule has 0 aromatic heterocycles. The lowest BCUT2D eigenvalue weighted by Gasteiger charge is -2.29. The van der Waals surface area contributed by atoms with Crippen molar-refractivity contribution in [2.75, 3.05) is 5.32 Å². The smallest absolute Gasteiger partial charge is 0.244 e. The number of amides is 1. The molecule has 0 aliphatic heterocycles. The van der Waals surface area contributed by atoms with Gasteiger partial charge in [-0.1, -0.05) is 41.3 Å². The van der Waals surface area contributed by atoms with Crippen molar-refractivity contribution in [1.82, 2.24) is 0 Å². The average molecular weight is 321 g/mol. The summed E-state index contributed by atoms with van der Waals surface area (Å²) in [6.45, 7) is 1.99. The second-order valence-corrected chi connectivity index (χ2v) is 6.03. The van der Waals surface area contributed by atoms with Crippen LogP contribution in [0.3, 0.4) is 0 Å². The summed E-state index contributed by atoms with van der Waals surface area (Å²) >= 11 is 3.45. The van der Waals surface area contributed by atoms with Crippen molar-refractivity contribution in [1.29, 1.82) is 5.26 Å². The van der Waals surface area contributed by atoms with Gasteiger partial charge in [0, 0.05) is 10.2 Å². The Kier molecular flexibility index (Phi) is 4.26. The fourth-order valence-electron chi connectivity index (χ4n) is 2.47. The molecule has 19 heavy (non-hydrogen) atoms. The normalized spacial score (nSPS) is 17.5. The molecule has 1 aliphatic rings. The van der Waals surface area contributed by atoms with E-state index in [1.54, 1.807) is 0 Å². The lowest BCUT2D eigenvalue weighted by atomic mass is 9.74. The van der Waals surface area contributed by atoms with E-state index in [1.807, 2.05) is 25.1 Å². The van der Waals surface area contributed by atoms with E-state index in [-0.39, 0.29) is 5.91 Å². The Morgan fingerprint density at radius 3 is 2.63 bits per heavy atom. The third-order valence-corrected chi connectivity index (χ3v) is 4.64. The number of benzene rings is 1. The van der Waals surface area contributed by atoms with Gasteiger partial charge < -0.3 is 5.32 Å². The maximum absolute atomic E-state index is 12.4. The minimum Gasteiger partial charge on any atom is -0.325 e. The first-order valence-electron chi connectivity index (χ1n) is 6.56. The van der Waals surface area contributed by atoms with Crippen LogP contribution < -0.4 is 5.32 Å². The van der Waals surface area contributed by atoms with E-state index >= 15 is 0 Å². The summed E-state index contributed by atoms with van der Waals surface area (Å²) in [5.74, 6) is -0.162. The van der Waals surface area contributed by atoms with Gasteiger partial charge >= 0.3 is 0 Å². The Labute approximate surface area is 122 Å². The van der Waals surface area contributed by atoms with Crippen LogP contribution in [0.15, 0.2) is 22.7 Å². The molecular formula is C15H17BrN2O. The quantitative estimate of drug-likeness (QED) is 0.889. The van der Waals surface area contributed by atoms with E-state index in [4.69, 9.17) is 0 Å². The molecule has 0 bridgehead atoms. The molecular weight excluding hydrogens is 304 g/mol. The van der Waals surface area contributed by atoms with Gasteiger partial charge in [0.25, 0.3) is 0 Å². The third-order valence-electron chi connectivity index (χ3n) is 3.79. The number of nitrogens with zero attached hydrogens (tertiary/aromatic N) is 1. The zero-order valence-corrected chi connectivity index (χ0v) is 12.6. The first-order chi connectivity index (χ1) is 9.07. The van der Waals surface area contributed by atoms with Gasteiger partial charge in [0.2, 0.25) is 5.91 Å². The highest BCUT2D eigenvalue weighted by molar-refractivity contribution is 9.10. The summed E-state index contributed by atoms with van der Waals surface area (Å²) < 4.78 is 0.958. The molecule has 1 N–H and O–H groups in total. The number of halogens is 1. The molecule has 1 saturated carbocycles. The topological polar surface area (TPSA) is 52.9 Å². The van der Waals surface area contributed by atoms with Crippen LogP contribution in [-0.2, 0) is 4.79 Å². The molecule has 3 nitrogen and oxygen atoms in total. The van der Waals surface area contributed by atoms with Gasteiger partial charge in [-0.2, -0.15) is 5.26 Å². The summed E-state index contributed by atoms with van der Waals surface area (Å²) in [6.07, 6.45) is 4.37. The molecule has 1 aromatic carbocycles. The van der Waals surface area contributed by atoms with Crippen molar-refractivity contribution in [3.63, 3.8) is 0 Å². The van der Waals surface area contributed by atoms with E-state index in [2.05, 4.69) is 27.3 Å². The molecule has 1 amide bonds. The Bertz CT molecular complexity index is 527. The van der Waals surface area contributed by atoms with Gasteiger partial charge in [-0.15, -0.1) is 0 Å². The SMILES string of the molecule is Cc1ccc(NC(=O)C2(C#N)CCCCC2)cc1Br. The highest BCUT2D eigenvalue weighted by Crippen LogP contribution is 2.37. The second kappa shape index (κ2) is 5.75. The number of hydrogen-bond acceptors (Lipinski definition) is 2. The molecule has 0 atom stereocenters. The first kappa shape index (κ1) is 14.1. The van der Waals surface area contributed by atoms with Gasteiger partial charge in [0.15, 0.2) is 0 Å². The van der Waals surface area contributed by atoms with E-state index in [0.717, 1.165) is 35.0 Å². The van der Waals surface area contributed by atoms with E-state index < -0.39 is 5.41 Å². The van der Waals surface area contributed by atoms with Crippen LogP contribution in [0.5, 0.6) is 0 Å². The van der Waals surface area contributed by atoms with Crippen molar-refractivity contribution >= 4 is 27.5 Å². The van der Waals surface area contributed by atoms with Gasteiger partial charge in [0.1, 0.15) is 5.41 Å². The number of carbonyl (C=O) groups is 1. The largest absolute Gasteiger partial charge is 0.325 e. The molecule has 0 heterocycles. The average Bonchev–Trinajstić information content (AvgIpc) is 2.43. The Hall–Kier alpha value is -1.34. The van der Waals surface area contributed by atoms with Gasteiger partial charge in [-0.25, -0.2) is 0 Å². The lowest BCUT2D eigenvalue weighted by molar-refractivity contribution is -0.124. The molecule has 1 fully saturated rings. The maximum Gasteiger partial charge on any atom is 0.244 e. The molecule has 1 aromatic rings. The Balaban J connectivity index is 2.15. The molecule has 1 aliphatic carbocycles. The fraction of sp³-hybridized carbons (Fsp3) is 0.467. The van der Waals surface area contributed by atoms with Gasteiger partial charge in [-0.3, -0.25) is 4.79 Å². The summed E-state index contributed by atoms with van der Waals surface area (Å²) in [5, 5.41) is 12.2. The minimum atomic E-state index is -0.838. The number of nitriles is 1. The number of rotatable bonds is 2. The number of anilines is 1. The maximum atomic E-state index is 12.4. The molecule has 2 rings (SSSR count). The van der Waals surface area contributed by atoms with Crippen LogP contribution in [-0.4, -0.2) is 5.91 Å². The highest BCUT2D eigenvalue weighted by Gasteiger charge is 2.39. The first-order valence-corrected chi connectivity index (χ1v) is 7.35. The number of nitrogens with one attached hydrogen (secondary N) is 1. The molecule has 4 heteroatoms. The Morgan fingerprint density at radius 2 is 2.05 bits per heavy atom. The van der Waals surface area contributed by atoms with E-state index in [9.17, 15) is 10.1 Å². The van der Waals surface area contributed by atoms with Gasteiger partial charge in [-0.05, 0) is 37.5 Å². The highest BCUT2D eigenvalue weighted by atomic mass is 79.9. The Morgan fingerprint density at radius 1 is 1.37 bits per heavy atom. The van der Waals surface area contributed by atoms with E-state index in [1.165, 1.54) is 0 Å². The van der Waals surface area contributed by atoms with Crippen molar-refractivity contribution in [3.8, 4) is 6.07 Å². The van der Waals surface area contributed by atoms with E-state index in [0.29, 0.717) is 12.8 Å². The van der Waals surface area contributed by atoms with Crippen LogP contribution in [0.25, 0.3) is 0 Å². The predicted octanol–water partition coefficient (Wildman–Crippen LogP) is 4.17. The monoisotopic (exact) mass is 320 g/mol. The number of aryl methyl sites for hydroxylation is 1. The van der Waals surface area contributed by atoms with Crippen molar-refractivity contribution in [2.45, 2.75) is 39.0 Å². The van der Waals surface area contributed by atoms with Crippen LogP contribution in [0, 0.1) is 23.7 Å². The second-order valence-electron chi connectivity index (χ2n) is 5.17. The van der Waals surface area contributed by atoms with Crippen molar-refractivity contribution in [3.05, 3.63) is 28.2 Å². The summed E-state index contributed by atoms with van der Waals surface area (Å²) in [7, 11) is 0. The fourth-order valence-corrected chi connectivity index (χ4v) is 2.85. The number of hydrogen-bond donors (Lipinski definition) is 1. The summed E-state index contributed by atoms with van der Waals surface area (Å²) in [5.41, 5.74) is 1.02. The lowest BCUT2D eigenvalue weighted by Crippen LogP contribution is -2.36. The standard InChI is InChI=1S/C15H17BrN2O/c1-11-5-6-12(9-13(11)16)18-14(19)15(10-17)7-3-2-4-8-15/h5-6,9H,2-4,7-8H2,1H3,(H,18,19). The van der Waals surface area contributed by atoms with Gasteiger partial charge in [0.05, 0.1) is 6.07 Å². The van der Waals surface area contributed by atoms with Crippen molar-refractivity contribution in [2.24, 2.45) is 5.41 Å². The molecule has 0 unspecified atom stereocenters. The zero-order chi connectivity index (χ0) is 13.9. The molecule has 0 radical (unpaired) electrons. The predicted molar refractivity (Wildman–Crippen MR) is 78.6 cm³/mol. The molecule has 100 valence electrons. The zero-order valence-electron chi connectivity index (χ0n) is 11.0. The van der Waals surface area contributed by atoms with Crippen molar-refractivity contribution < 1.29 is 4.79 Å². The van der Waals surface area contributed by atoms with Crippen LogP contribution in [0.4, 0.5) is 5.69 Å². The summed E-state index contributed by atoms with van der Waals surface area (Å²) in [6, 6.07) is 7.93. The minimum absolute atomic E-state index is 0.162. The van der Waals surface area contributed by atoms with Crippen LogP contribution in [0.2, 0.25) is 0 Å². The summed E-state index contributed by atoms with van der Waals surface area (Å²) in [4.78, 5) is 12.4. The molecule has 0 saturated heterocycles. The van der Waals surface area contributed by atoms with Crippen LogP contribution in [0.1, 0.15) is 37.7 Å².